The molecule has 0 aliphatic carbocycles. The fourth-order valence-corrected chi connectivity index (χ4v) is 3.33. The summed E-state index contributed by atoms with van der Waals surface area (Å²) in [5.41, 5.74) is 2.16. The number of ether oxygens (including phenoxy) is 1. The van der Waals surface area contributed by atoms with Crippen molar-refractivity contribution in [3.05, 3.63) is 52.0 Å². The number of hydrogen-bond acceptors (Lipinski definition) is 5. The van der Waals surface area contributed by atoms with Crippen molar-refractivity contribution in [3.8, 4) is 0 Å². The van der Waals surface area contributed by atoms with E-state index in [1.165, 1.54) is 5.56 Å². The van der Waals surface area contributed by atoms with Crippen molar-refractivity contribution in [3.63, 3.8) is 0 Å². The Balaban J connectivity index is 1.44. The third-order valence-corrected chi connectivity index (χ3v) is 4.58. The molecule has 1 saturated heterocycles. The molecule has 1 aromatic carbocycles. The zero-order chi connectivity index (χ0) is 15.9. The van der Waals surface area contributed by atoms with Gasteiger partial charge >= 0.3 is 0 Å². The summed E-state index contributed by atoms with van der Waals surface area (Å²) in [6.45, 7) is 2.75. The van der Waals surface area contributed by atoms with Crippen LogP contribution in [-0.2, 0) is 22.5 Å². The predicted octanol–water partition coefficient (Wildman–Crippen LogP) is 1.73. The second-order valence-corrected chi connectivity index (χ2v) is 6.52. The molecule has 2 heterocycles. The van der Waals surface area contributed by atoms with Crippen LogP contribution in [-0.4, -0.2) is 36.7 Å². The zero-order valence-corrected chi connectivity index (χ0v) is 13.8. The average molecular weight is 331 g/mol. The lowest BCUT2D eigenvalue weighted by molar-refractivity contribution is -0.124. The van der Waals surface area contributed by atoms with Crippen LogP contribution in [0.4, 0.5) is 0 Å². The molecule has 5 nitrogen and oxygen atoms in total. The number of carbonyl (C=O) groups is 1. The first-order valence-corrected chi connectivity index (χ1v) is 8.74. The first-order chi connectivity index (χ1) is 11.3. The second kappa shape index (κ2) is 8.19. The summed E-state index contributed by atoms with van der Waals surface area (Å²) in [6, 6.07) is 10.3. The molecule has 122 valence electrons. The molecule has 1 amide bonds. The van der Waals surface area contributed by atoms with Gasteiger partial charge in [0.15, 0.2) is 0 Å². The van der Waals surface area contributed by atoms with E-state index in [1.807, 2.05) is 23.6 Å². The number of morpholine rings is 1. The Morgan fingerprint density at radius 1 is 1.39 bits per heavy atom. The highest BCUT2D eigenvalue weighted by atomic mass is 32.1. The topological polar surface area (TPSA) is 63.2 Å². The smallest absolute Gasteiger partial charge is 0.222 e. The highest BCUT2D eigenvalue weighted by Gasteiger charge is 2.17. The second-order valence-electron chi connectivity index (χ2n) is 5.57. The first kappa shape index (κ1) is 16.1. The Kier molecular flexibility index (Phi) is 5.74. The number of nitrogens with one attached hydrogen (secondary N) is 2. The van der Waals surface area contributed by atoms with Gasteiger partial charge in [-0.2, -0.15) is 0 Å². The number of hydrogen-bond donors (Lipinski definition) is 2. The molecule has 3 rings (SSSR count). The summed E-state index contributed by atoms with van der Waals surface area (Å²) in [4.78, 5) is 16.5. The van der Waals surface area contributed by atoms with Gasteiger partial charge in [0.1, 0.15) is 0 Å². The standard InChI is InChI=1S/C17H21N3O2S/c21-16(9-15-11-18-6-7-22-15)19-10-14-12-23-17(20-14)8-13-4-2-1-3-5-13/h1-5,12,15,18H,6-11H2,(H,19,21)/t15-/m0/s1. The molecule has 2 N–H and O–H groups in total. The van der Waals surface area contributed by atoms with Crippen LogP contribution in [0.5, 0.6) is 0 Å². The average Bonchev–Trinajstić information content (AvgIpc) is 3.02. The van der Waals surface area contributed by atoms with Gasteiger partial charge in [-0.1, -0.05) is 30.3 Å². The fourth-order valence-electron chi connectivity index (χ4n) is 2.50. The highest BCUT2D eigenvalue weighted by molar-refractivity contribution is 7.09. The van der Waals surface area contributed by atoms with E-state index in [4.69, 9.17) is 4.74 Å². The van der Waals surface area contributed by atoms with Gasteiger partial charge in [0.05, 0.1) is 36.4 Å². The maximum absolute atomic E-state index is 11.9. The molecule has 0 bridgehead atoms. The summed E-state index contributed by atoms with van der Waals surface area (Å²) in [5, 5.41) is 9.23. The van der Waals surface area contributed by atoms with Crippen molar-refractivity contribution in [2.75, 3.05) is 19.7 Å². The summed E-state index contributed by atoms with van der Waals surface area (Å²) >= 11 is 1.63. The number of benzene rings is 1. The van der Waals surface area contributed by atoms with Gasteiger partial charge < -0.3 is 15.4 Å². The van der Waals surface area contributed by atoms with Crippen molar-refractivity contribution < 1.29 is 9.53 Å². The van der Waals surface area contributed by atoms with Crippen LogP contribution >= 0.6 is 11.3 Å². The van der Waals surface area contributed by atoms with Crippen LogP contribution in [0.15, 0.2) is 35.7 Å². The Morgan fingerprint density at radius 2 is 2.26 bits per heavy atom. The Hall–Kier alpha value is -1.76. The Morgan fingerprint density at radius 3 is 3.04 bits per heavy atom. The van der Waals surface area contributed by atoms with Gasteiger partial charge in [-0.25, -0.2) is 4.98 Å². The minimum atomic E-state index is -0.0205. The molecule has 2 aromatic rings. The minimum absolute atomic E-state index is 0.0105. The first-order valence-electron chi connectivity index (χ1n) is 7.86. The van der Waals surface area contributed by atoms with E-state index in [2.05, 4.69) is 27.8 Å². The van der Waals surface area contributed by atoms with E-state index >= 15 is 0 Å². The van der Waals surface area contributed by atoms with Crippen LogP contribution in [0.3, 0.4) is 0 Å². The van der Waals surface area contributed by atoms with E-state index in [1.54, 1.807) is 11.3 Å². The van der Waals surface area contributed by atoms with Crippen molar-refractivity contribution in [2.24, 2.45) is 0 Å². The van der Waals surface area contributed by atoms with Gasteiger partial charge in [-0.05, 0) is 5.56 Å². The third kappa shape index (κ3) is 5.13. The normalized spacial score (nSPS) is 17.8. The molecular formula is C17H21N3O2S. The maximum Gasteiger partial charge on any atom is 0.222 e. The molecule has 1 aliphatic heterocycles. The molecule has 0 radical (unpaired) electrons. The Bertz CT molecular complexity index is 624. The highest BCUT2D eigenvalue weighted by Crippen LogP contribution is 2.14. The van der Waals surface area contributed by atoms with Crippen LogP contribution in [0.25, 0.3) is 0 Å². The summed E-state index contributed by atoms with van der Waals surface area (Å²) in [6.07, 6.45) is 1.21. The van der Waals surface area contributed by atoms with Gasteiger partial charge in [0.2, 0.25) is 5.91 Å². The predicted molar refractivity (Wildman–Crippen MR) is 90.4 cm³/mol. The molecular weight excluding hydrogens is 310 g/mol. The van der Waals surface area contributed by atoms with E-state index in [0.29, 0.717) is 19.6 Å². The lowest BCUT2D eigenvalue weighted by Gasteiger charge is -2.22. The summed E-state index contributed by atoms with van der Waals surface area (Å²) in [5.74, 6) is 0.0105. The van der Waals surface area contributed by atoms with Gasteiger partial charge in [-0.15, -0.1) is 11.3 Å². The fraction of sp³-hybridized carbons (Fsp3) is 0.412. The number of aromatic nitrogens is 1. The van der Waals surface area contributed by atoms with Crippen molar-refractivity contribution in [1.29, 1.82) is 0 Å². The number of carbonyl (C=O) groups excluding carboxylic acids is 1. The molecule has 1 aliphatic rings. The lowest BCUT2D eigenvalue weighted by atomic mass is 10.2. The quantitative estimate of drug-likeness (QED) is 0.846. The van der Waals surface area contributed by atoms with Gasteiger partial charge in [0, 0.05) is 24.9 Å². The zero-order valence-electron chi connectivity index (χ0n) is 13.0. The number of thiazole rings is 1. The lowest BCUT2D eigenvalue weighted by Crippen LogP contribution is -2.41. The van der Waals surface area contributed by atoms with Gasteiger partial charge in [0.25, 0.3) is 0 Å². The van der Waals surface area contributed by atoms with E-state index in [9.17, 15) is 4.79 Å². The van der Waals surface area contributed by atoms with Crippen LogP contribution in [0.1, 0.15) is 22.7 Å². The van der Waals surface area contributed by atoms with Gasteiger partial charge in [-0.3, -0.25) is 4.79 Å². The molecule has 0 spiro atoms. The summed E-state index contributed by atoms with van der Waals surface area (Å²) in [7, 11) is 0. The van der Waals surface area contributed by atoms with E-state index < -0.39 is 0 Å². The van der Waals surface area contributed by atoms with Crippen molar-refractivity contribution in [1.82, 2.24) is 15.6 Å². The minimum Gasteiger partial charge on any atom is -0.375 e. The number of rotatable bonds is 6. The molecule has 23 heavy (non-hydrogen) atoms. The molecule has 0 unspecified atom stereocenters. The third-order valence-electron chi connectivity index (χ3n) is 3.68. The summed E-state index contributed by atoms with van der Waals surface area (Å²) < 4.78 is 5.53. The van der Waals surface area contributed by atoms with Crippen molar-refractivity contribution in [2.45, 2.75) is 25.5 Å². The molecule has 0 saturated carbocycles. The van der Waals surface area contributed by atoms with Crippen molar-refractivity contribution >= 4 is 17.2 Å². The maximum atomic E-state index is 11.9. The number of amides is 1. The molecule has 6 heteroatoms. The molecule has 1 atom stereocenters. The monoisotopic (exact) mass is 331 g/mol. The van der Waals surface area contributed by atoms with Crippen LogP contribution in [0, 0.1) is 0 Å². The van der Waals surface area contributed by atoms with Crippen LogP contribution < -0.4 is 10.6 Å². The Labute approximate surface area is 140 Å². The van der Waals surface area contributed by atoms with E-state index in [-0.39, 0.29) is 12.0 Å². The van der Waals surface area contributed by atoms with E-state index in [0.717, 1.165) is 30.2 Å². The largest absolute Gasteiger partial charge is 0.375 e. The van der Waals surface area contributed by atoms with Crippen LogP contribution in [0.2, 0.25) is 0 Å². The number of nitrogens with zero attached hydrogens (tertiary/aromatic N) is 1. The SMILES string of the molecule is O=C(C[C@H]1CNCCO1)NCc1csc(Cc2ccccc2)n1. The molecule has 1 aromatic heterocycles. The molecule has 1 fully saturated rings.